The number of morpholine rings is 1. The number of carbonyl (C=O) groups excluding carboxylic acids is 3. The summed E-state index contributed by atoms with van der Waals surface area (Å²) in [5.41, 5.74) is 2.86. The van der Waals surface area contributed by atoms with E-state index < -0.39 is 11.7 Å². The largest absolute Gasteiger partial charge is 0.508 e. The molecule has 52 heavy (non-hydrogen) atoms. The van der Waals surface area contributed by atoms with E-state index in [1.807, 2.05) is 56.0 Å². The number of nitrogens with one attached hydrogen (secondary N) is 1. The Morgan fingerprint density at radius 1 is 0.962 bits per heavy atom. The zero-order chi connectivity index (χ0) is 36.7. The van der Waals surface area contributed by atoms with Crippen LogP contribution in [0.15, 0.2) is 60.7 Å². The number of hydrogen-bond acceptors (Lipinski definition) is 11. The molecular weight excluding hydrogens is 681 g/mol. The molecule has 0 atom stereocenters. The minimum atomic E-state index is -0.555. The van der Waals surface area contributed by atoms with Gasteiger partial charge in [-0.1, -0.05) is 42.5 Å². The number of ketones is 1. The molecule has 274 valence electrons. The summed E-state index contributed by atoms with van der Waals surface area (Å²) in [5, 5.41) is 12.8. The van der Waals surface area contributed by atoms with Gasteiger partial charge in [0.25, 0.3) is 0 Å². The molecule has 6 rings (SSSR count). The van der Waals surface area contributed by atoms with Gasteiger partial charge in [0.15, 0.2) is 17.4 Å². The van der Waals surface area contributed by atoms with Crippen molar-refractivity contribution in [2.75, 3.05) is 57.4 Å². The van der Waals surface area contributed by atoms with Crippen molar-refractivity contribution in [1.29, 1.82) is 0 Å². The van der Waals surface area contributed by atoms with Crippen LogP contribution in [0.3, 0.4) is 0 Å². The molecule has 2 saturated heterocycles. The van der Waals surface area contributed by atoms with Gasteiger partial charge in [-0.2, -0.15) is 0 Å². The standard InChI is InChI=1S/C39H46N6O6S/c1-39(2,3)51-38(49)40-25-28-9-7-27(8-10-28)11-12-30(46)13-14-34(48)44-17-15-43(16-18-44)26-32-24-33-35(52-32)37(45-19-21-50-22-20-45)42-36(41-33)29-5-4-6-31(47)23-29/h4-12,23-24,47H,13-22,25-26H2,1-3H3,(H,40,49). The topological polar surface area (TPSA) is 137 Å². The molecule has 4 heterocycles. The van der Waals surface area contributed by atoms with Crippen molar-refractivity contribution in [1.82, 2.24) is 25.1 Å². The number of alkyl carbamates (subject to hydrolysis) is 1. The lowest BCUT2D eigenvalue weighted by atomic mass is 10.1. The van der Waals surface area contributed by atoms with Crippen LogP contribution < -0.4 is 10.2 Å². The number of phenols is 1. The highest BCUT2D eigenvalue weighted by atomic mass is 32.1. The number of carbonyl (C=O) groups is 3. The maximum absolute atomic E-state index is 13.0. The van der Waals surface area contributed by atoms with Crippen LogP contribution in [0.25, 0.3) is 27.7 Å². The molecule has 4 aromatic rings. The third-order valence-electron chi connectivity index (χ3n) is 8.79. The van der Waals surface area contributed by atoms with Gasteiger partial charge in [-0.3, -0.25) is 14.5 Å². The quantitative estimate of drug-likeness (QED) is 0.187. The number of allylic oxidation sites excluding steroid dienone is 1. The van der Waals surface area contributed by atoms with Crippen molar-refractivity contribution in [2.45, 2.75) is 52.3 Å². The summed E-state index contributed by atoms with van der Waals surface area (Å²) in [6.45, 7) is 12.0. The van der Waals surface area contributed by atoms with E-state index in [-0.39, 0.29) is 30.3 Å². The number of hydrogen-bond donors (Lipinski definition) is 2. The Morgan fingerprint density at radius 3 is 2.42 bits per heavy atom. The second kappa shape index (κ2) is 16.7. The number of phenolic OH excluding ortho intramolecular Hbond substituents is 1. The third-order valence-corrected chi connectivity index (χ3v) is 9.89. The van der Waals surface area contributed by atoms with Gasteiger partial charge in [0, 0.05) is 75.6 Å². The normalized spacial score (nSPS) is 15.7. The Bertz CT molecular complexity index is 1910. The monoisotopic (exact) mass is 726 g/mol. The van der Waals surface area contributed by atoms with Gasteiger partial charge in [0.2, 0.25) is 5.91 Å². The van der Waals surface area contributed by atoms with E-state index in [0.29, 0.717) is 38.7 Å². The first-order valence-corrected chi connectivity index (χ1v) is 18.5. The molecule has 2 aliphatic rings. The number of anilines is 1. The van der Waals surface area contributed by atoms with E-state index in [1.165, 1.54) is 11.0 Å². The van der Waals surface area contributed by atoms with Gasteiger partial charge in [-0.25, -0.2) is 14.8 Å². The van der Waals surface area contributed by atoms with Crippen LogP contribution in [-0.2, 0) is 32.2 Å². The van der Waals surface area contributed by atoms with E-state index in [1.54, 1.807) is 35.6 Å². The van der Waals surface area contributed by atoms with Crippen LogP contribution in [0.2, 0.25) is 0 Å². The van der Waals surface area contributed by atoms with E-state index in [4.69, 9.17) is 19.4 Å². The fraction of sp³-hybridized carbons (Fsp3) is 0.410. The predicted molar refractivity (Wildman–Crippen MR) is 202 cm³/mol. The minimum Gasteiger partial charge on any atom is -0.508 e. The van der Waals surface area contributed by atoms with Gasteiger partial charge >= 0.3 is 6.09 Å². The van der Waals surface area contributed by atoms with Crippen LogP contribution >= 0.6 is 11.3 Å². The second-order valence-electron chi connectivity index (χ2n) is 14.0. The average molecular weight is 727 g/mol. The molecule has 0 saturated carbocycles. The van der Waals surface area contributed by atoms with Gasteiger partial charge in [-0.15, -0.1) is 11.3 Å². The Balaban J connectivity index is 0.977. The average Bonchev–Trinajstić information content (AvgIpc) is 3.54. The van der Waals surface area contributed by atoms with Crippen molar-refractivity contribution in [2.24, 2.45) is 0 Å². The van der Waals surface area contributed by atoms with Crippen LogP contribution in [0.4, 0.5) is 10.6 Å². The lowest BCUT2D eigenvalue weighted by Gasteiger charge is -2.34. The molecule has 2 aromatic carbocycles. The van der Waals surface area contributed by atoms with E-state index in [2.05, 4.69) is 21.2 Å². The molecule has 2 aliphatic heterocycles. The molecule has 0 aliphatic carbocycles. The summed E-state index contributed by atoms with van der Waals surface area (Å²) in [5.74, 6) is 1.54. The van der Waals surface area contributed by atoms with Crippen LogP contribution in [-0.4, -0.2) is 101 Å². The fourth-order valence-electron chi connectivity index (χ4n) is 6.08. The number of piperazine rings is 1. The molecular formula is C39H46N6O6S. The zero-order valence-electron chi connectivity index (χ0n) is 30.0. The molecule has 13 heteroatoms. The second-order valence-corrected chi connectivity index (χ2v) is 15.1. The highest BCUT2D eigenvalue weighted by Gasteiger charge is 2.24. The van der Waals surface area contributed by atoms with Crippen molar-refractivity contribution < 1.29 is 29.0 Å². The van der Waals surface area contributed by atoms with Crippen molar-refractivity contribution >= 4 is 51.2 Å². The first kappa shape index (κ1) is 36.9. The Kier molecular flexibility index (Phi) is 11.8. The maximum Gasteiger partial charge on any atom is 0.407 e. The first-order chi connectivity index (χ1) is 25.0. The SMILES string of the molecule is CC(C)(C)OC(=O)NCc1ccc(C=CC(=O)CCC(=O)N2CCN(Cc3cc4nc(-c5cccc(O)c5)nc(N5CCOCC5)c4s3)CC2)cc1. The van der Waals surface area contributed by atoms with Crippen LogP contribution in [0.1, 0.15) is 49.6 Å². The van der Waals surface area contributed by atoms with E-state index in [0.717, 1.165) is 65.4 Å². The summed E-state index contributed by atoms with van der Waals surface area (Å²) in [4.78, 5) is 54.9. The minimum absolute atomic E-state index is 0.00462. The summed E-state index contributed by atoms with van der Waals surface area (Å²) >= 11 is 1.70. The highest BCUT2D eigenvalue weighted by Crippen LogP contribution is 2.35. The van der Waals surface area contributed by atoms with Gasteiger partial charge < -0.3 is 29.7 Å². The summed E-state index contributed by atoms with van der Waals surface area (Å²) in [7, 11) is 0. The molecule has 12 nitrogen and oxygen atoms in total. The Hall–Kier alpha value is -4.85. The summed E-state index contributed by atoms with van der Waals surface area (Å²) < 4.78 is 11.9. The van der Waals surface area contributed by atoms with E-state index in [9.17, 15) is 19.5 Å². The third kappa shape index (κ3) is 10.1. The lowest BCUT2D eigenvalue weighted by Crippen LogP contribution is -2.48. The number of ether oxygens (including phenoxy) is 2. The van der Waals surface area contributed by atoms with Gasteiger partial charge in [0.05, 0.1) is 23.4 Å². The van der Waals surface area contributed by atoms with Gasteiger partial charge in [0.1, 0.15) is 11.4 Å². The van der Waals surface area contributed by atoms with Crippen molar-refractivity contribution in [3.8, 4) is 17.1 Å². The molecule has 0 unspecified atom stereocenters. The number of aromatic nitrogens is 2. The van der Waals surface area contributed by atoms with Crippen molar-refractivity contribution in [3.05, 3.63) is 76.7 Å². The highest BCUT2D eigenvalue weighted by molar-refractivity contribution is 7.19. The molecule has 2 fully saturated rings. The summed E-state index contributed by atoms with van der Waals surface area (Å²) in [6, 6.07) is 16.7. The lowest BCUT2D eigenvalue weighted by molar-refractivity contribution is -0.134. The smallest absolute Gasteiger partial charge is 0.407 e. The summed E-state index contributed by atoms with van der Waals surface area (Å²) in [6.07, 6.45) is 3.13. The van der Waals surface area contributed by atoms with Gasteiger partial charge in [-0.05, 0) is 56.2 Å². The number of rotatable bonds is 11. The predicted octanol–water partition coefficient (Wildman–Crippen LogP) is 5.63. The number of nitrogens with zero attached hydrogens (tertiary/aromatic N) is 5. The Morgan fingerprint density at radius 2 is 1.71 bits per heavy atom. The zero-order valence-corrected chi connectivity index (χ0v) is 30.8. The maximum atomic E-state index is 13.0. The number of thiophene rings is 1. The van der Waals surface area contributed by atoms with Crippen LogP contribution in [0, 0.1) is 0 Å². The molecule has 0 bridgehead atoms. The number of aromatic hydroxyl groups is 1. The Labute approximate surface area is 308 Å². The molecule has 0 radical (unpaired) electrons. The number of benzene rings is 2. The first-order valence-electron chi connectivity index (χ1n) is 17.7. The molecule has 0 spiro atoms. The molecule has 2 amide bonds. The number of amides is 2. The number of fused-ring (bicyclic) bond motifs is 1. The molecule has 2 aromatic heterocycles. The fourth-order valence-corrected chi connectivity index (χ4v) is 7.23. The van der Waals surface area contributed by atoms with Crippen LogP contribution in [0.5, 0.6) is 5.75 Å². The van der Waals surface area contributed by atoms with Crippen molar-refractivity contribution in [3.63, 3.8) is 0 Å². The van der Waals surface area contributed by atoms with E-state index >= 15 is 0 Å². The molecule has 2 N–H and O–H groups in total.